The zero-order valence-corrected chi connectivity index (χ0v) is 11.1. The maximum absolute atomic E-state index is 11.8. The number of hydrogen-bond acceptors (Lipinski definition) is 5. The van der Waals surface area contributed by atoms with Crippen LogP contribution < -0.4 is 10.1 Å². The van der Waals surface area contributed by atoms with Crippen LogP contribution in [0.1, 0.15) is 10.4 Å². The molecule has 6 heteroatoms. The molecule has 0 atom stereocenters. The average Bonchev–Trinajstić information content (AvgIpc) is 2.42. The number of benzene rings is 1. The van der Waals surface area contributed by atoms with E-state index in [1.54, 1.807) is 13.2 Å². The number of phenolic OH excluding ortho intramolecular Hbond substituents is 1. The third-order valence-corrected chi connectivity index (χ3v) is 2.41. The maximum Gasteiger partial charge on any atom is 0.255 e. The van der Waals surface area contributed by atoms with Crippen LogP contribution in [0.2, 0.25) is 0 Å². The first-order valence-electron chi connectivity index (χ1n) is 5.91. The van der Waals surface area contributed by atoms with Gasteiger partial charge in [0.1, 0.15) is 11.5 Å². The smallest absolute Gasteiger partial charge is 0.255 e. The monoisotopic (exact) mass is 269 g/mol. The lowest BCUT2D eigenvalue weighted by atomic mass is 10.2. The summed E-state index contributed by atoms with van der Waals surface area (Å²) in [4.78, 5) is 11.8. The van der Waals surface area contributed by atoms with Gasteiger partial charge in [-0.05, 0) is 12.1 Å². The molecule has 1 aromatic rings. The van der Waals surface area contributed by atoms with Crippen molar-refractivity contribution in [3.8, 4) is 11.5 Å². The molecule has 0 aliphatic rings. The van der Waals surface area contributed by atoms with Gasteiger partial charge in [0, 0.05) is 19.7 Å². The van der Waals surface area contributed by atoms with E-state index >= 15 is 0 Å². The van der Waals surface area contributed by atoms with Gasteiger partial charge in [0.05, 0.1) is 32.5 Å². The van der Waals surface area contributed by atoms with Gasteiger partial charge >= 0.3 is 0 Å². The molecule has 0 radical (unpaired) electrons. The molecule has 0 spiro atoms. The zero-order valence-electron chi connectivity index (χ0n) is 11.1. The molecule has 1 amide bonds. The van der Waals surface area contributed by atoms with Gasteiger partial charge in [0.25, 0.3) is 5.91 Å². The number of methoxy groups -OCH3 is 2. The van der Waals surface area contributed by atoms with Gasteiger partial charge in [-0.25, -0.2) is 0 Å². The Hall–Kier alpha value is -1.79. The van der Waals surface area contributed by atoms with Gasteiger partial charge < -0.3 is 24.6 Å². The standard InChI is InChI=1S/C13H19NO5/c1-17-7-8-19-6-5-14-13(16)11-4-3-10(18-2)9-12(11)15/h3-4,9,15H,5-8H2,1-2H3,(H,14,16). The Bertz CT molecular complexity index is 408. The van der Waals surface area contributed by atoms with Crippen LogP contribution in [0.5, 0.6) is 11.5 Å². The van der Waals surface area contributed by atoms with Crippen LogP contribution >= 0.6 is 0 Å². The molecule has 106 valence electrons. The highest BCUT2D eigenvalue weighted by Gasteiger charge is 2.11. The minimum absolute atomic E-state index is 0.114. The summed E-state index contributed by atoms with van der Waals surface area (Å²) in [5, 5.41) is 12.3. The van der Waals surface area contributed by atoms with Crippen LogP contribution in [0.15, 0.2) is 18.2 Å². The molecule has 0 aliphatic carbocycles. The molecular formula is C13H19NO5. The van der Waals surface area contributed by atoms with E-state index in [0.717, 1.165) is 0 Å². The van der Waals surface area contributed by atoms with Crippen LogP contribution in [0.4, 0.5) is 0 Å². The molecular weight excluding hydrogens is 250 g/mol. The molecule has 0 bridgehead atoms. The lowest BCUT2D eigenvalue weighted by molar-refractivity contribution is 0.0692. The maximum atomic E-state index is 11.8. The average molecular weight is 269 g/mol. The third kappa shape index (κ3) is 5.15. The molecule has 0 saturated carbocycles. The lowest BCUT2D eigenvalue weighted by Gasteiger charge is -2.08. The highest BCUT2D eigenvalue weighted by Crippen LogP contribution is 2.22. The summed E-state index contributed by atoms with van der Waals surface area (Å²) in [5.74, 6) is 0.0320. The van der Waals surface area contributed by atoms with Crippen molar-refractivity contribution in [1.82, 2.24) is 5.32 Å². The Balaban J connectivity index is 2.37. The summed E-state index contributed by atoms with van der Waals surface area (Å²) in [6, 6.07) is 4.52. The fraction of sp³-hybridized carbons (Fsp3) is 0.462. The van der Waals surface area contributed by atoms with Crippen molar-refractivity contribution in [2.45, 2.75) is 0 Å². The number of hydrogen-bond donors (Lipinski definition) is 2. The number of carbonyl (C=O) groups is 1. The quantitative estimate of drug-likeness (QED) is 0.682. The van der Waals surface area contributed by atoms with Gasteiger partial charge in [0.15, 0.2) is 0 Å². The Morgan fingerprint density at radius 1 is 1.26 bits per heavy atom. The van der Waals surface area contributed by atoms with Crippen molar-refractivity contribution in [2.75, 3.05) is 40.6 Å². The normalized spacial score (nSPS) is 10.2. The van der Waals surface area contributed by atoms with E-state index in [4.69, 9.17) is 14.2 Å². The minimum atomic E-state index is -0.351. The number of carbonyl (C=O) groups excluding carboxylic acids is 1. The second kappa shape index (κ2) is 8.34. The van der Waals surface area contributed by atoms with Gasteiger partial charge in [-0.15, -0.1) is 0 Å². The topological polar surface area (TPSA) is 77.0 Å². The summed E-state index contributed by atoms with van der Waals surface area (Å²) in [7, 11) is 3.09. The second-order valence-corrected chi connectivity index (χ2v) is 3.74. The number of rotatable bonds is 8. The molecule has 0 saturated heterocycles. The van der Waals surface area contributed by atoms with Crippen molar-refractivity contribution in [3.05, 3.63) is 23.8 Å². The second-order valence-electron chi connectivity index (χ2n) is 3.74. The van der Waals surface area contributed by atoms with Crippen LogP contribution in [-0.2, 0) is 9.47 Å². The van der Waals surface area contributed by atoms with Crippen molar-refractivity contribution in [3.63, 3.8) is 0 Å². The lowest BCUT2D eigenvalue weighted by Crippen LogP contribution is -2.27. The Kier molecular flexibility index (Phi) is 6.70. The van der Waals surface area contributed by atoms with E-state index in [1.165, 1.54) is 19.2 Å². The molecule has 2 N–H and O–H groups in total. The van der Waals surface area contributed by atoms with Gasteiger partial charge in [0.2, 0.25) is 0 Å². The Morgan fingerprint density at radius 2 is 2.05 bits per heavy atom. The summed E-state index contributed by atoms with van der Waals surface area (Å²) in [6.07, 6.45) is 0. The predicted molar refractivity (Wildman–Crippen MR) is 69.7 cm³/mol. The van der Waals surface area contributed by atoms with Crippen LogP contribution in [0.25, 0.3) is 0 Å². The minimum Gasteiger partial charge on any atom is -0.507 e. The highest BCUT2D eigenvalue weighted by molar-refractivity contribution is 5.96. The molecule has 0 aliphatic heterocycles. The van der Waals surface area contributed by atoms with E-state index in [-0.39, 0.29) is 17.2 Å². The highest BCUT2D eigenvalue weighted by atomic mass is 16.5. The third-order valence-electron chi connectivity index (χ3n) is 2.41. The first kappa shape index (κ1) is 15.3. The van der Waals surface area contributed by atoms with Crippen LogP contribution in [0, 0.1) is 0 Å². The zero-order chi connectivity index (χ0) is 14.1. The molecule has 1 rings (SSSR count). The fourth-order valence-corrected chi connectivity index (χ4v) is 1.41. The predicted octanol–water partition coefficient (Wildman–Crippen LogP) is 0.794. The largest absolute Gasteiger partial charge is 0.507 e. The van der Waals surface area contributed by atoms with Crippen LogP contribution in [-0.4, -0.2) is 51.6 Å². The Morgan fingerprint density at radius 3 is 2.68 bits per heavy atom. The van der Waals surface area contributed by atoms with E-state index in [9.17, 15) is 9.90 Å². The number of aromatic hydroxyl groups is 1. The number of amides is 1. The number of phenols is 1. The number of ether oxygens (including phenoxy) is 3. The van der Waals surface area contributed by atoms with E-state index in [2.05, 4.69) is 5.32 Å². The SMILES string of the molecule is COCCOCCNC(=O)c1ccc(OC)cc1O. The van der Waals surface area contributed by atoms with Gasteiger partial charge in [-0.1, -0.05) is 0 Å². The van der Waals surface area contributed by atoms with Crippen molar-refractivity contribution in [1.29, 1.82) is 0 Å². The number of nitrogens with one attached hydrogen (secondary N) is 1. The summed E-state index contributed by atoms with van der Waals surface area (Å²) in [5.41, 5.74) is 0.206. The first-order valence-corrected chi connectivity index (χ1v) is 5.91. The fourth-order valence-electron chi connectivity index (χ4n) is 1.41. The van der Waals surface area contributed by atoms with Gasteiger partial charge in [-0.2, -0.15) is 0 Å². The van der Waals surface area contributed by atoms with Gasteiger partial charge in [-0.3, -0.25) is 4.79 Å². The van der Waals surface area contributed by atoms with Crippen molar-refractivity contribution >= 4 is 5.91 Å². The molecule has 0 aromatic heterocycles. The summed E-state index contributed by atoms with van der Waals surface area (Å²) >= 11 is 0. The first-order chi connectivity index (χ1) is 9.19. The summed E-state index contributed by atoms with van der Waals surface area (Å²) in [6.45, 7) is 1.77. The Labute approximate surface area is 112 Å². The molecule has 0 unspecified atom stereocenters. The molecule has 19 heavy (non-hydrogen) atoms. The van der Waals surface area contributed by atoms with E-state index in [0.29, 0.717) is 32.1 Å². The van der Waals surface area contributed by atoms with Crippen LogP contribution in [0.3, 0.4) is 0 Å². The molecule has 1 aromatic carbocycles. The molecule has 6 nitrogen and oxygen atoms in total. The molecule has 0 fully saturated rings. The van der Waals surface area contributed by atoms with E-state index < -0.39 is 0 Å². The summed E-state index contributed by atoms with van der Waals surface area (Å²) < 4.78 is 15.0. The molecule has 0 heterocycles. The van der Waals surface area contributed by atoms with E-state index in [1.807, 2.05) is 0 Å². The van der Waals surface area contributed by atoms with Crippen molar-refractivity contribution < 1.29 is 24.1 Å². The van der Waals surface area contributed by atoms with Crippen molar-refractivity contribution in [2.24, 2.45) is 0 Å².